The Morgan fingerprint density at radius 1 is 1.16 bits per heavy atom. The van der Waals surface area contributed by atoms with Gasteiger partial charge in [-0.25, -0.2) is 0 Å². The average molecular weight is 261 g/mol. The second kappa shape index (κ2) is 5.49. The Balaban J connectivity index is 1.60. The van der Waals surface area contributed by atoms with Crippen LogP contribution in [0.3, 0.4) is 0 Å². The molecule has 0 aliphatic carbocycles. The summed E-state index contributed by atoms with van der Waals surface area (Å²) in [6, 6.07) is 9.01. The van der Waals surface area contributed by atoms with E-state index in [1.165, 1.54) is 11.3 Å². The number of aliphatic hydroxyl groups excluding tert-OH is 1. The van der Waals surface area contributed by atoms with Crippen molar-refractivity contribution in [3.8, 4) is 0 Å². The number of anilines is 1. The van der Waals surface area contributed by atoms with Gasteiger partial charge in [0.15, 0.2) is 0 Å². The van der Waals surface area contributed by atoms with E-state index in [2.05, 4.69) is 46.3 Å². The number of β-amino-alcohol motifs (C(OH)–C–C–N with tert-alkyl or cyclic N) is 1. The maximum atomic E-state index is 9.94. The minimum Gasteiger partial charge on any atom is -0.390 e. The molecule has 2 aliphatic rings. The predicted octanol–water partition coefficient (Wildman–Crippen LogP) is 0.450. The van der Waals surface area contributed by atoms with Crippen LogP contribution in [0.5, 0.6) is 0 Å². The normalized spacial score (nSPS) is 28.8. The zero-order valence-corrected chi connectivity index (χ0v) is 11.5. The van der Waals surface area contributed by atoms with Gasteiger partial charge in [0.1, 0.15) is 0 Å². The SMILES string of the molecule is Cc1cccc(N2CCN([C@H]3CNC[C@@H]3O)CC2)c1. The van der Waals surface area contributed by atoms with Gasteiger partial charge in [0.05, 0.1) is 6.10 Å². The van der Waals surface area contributed by atoms with Gasteiger partial charge in [-0.05, 0) is 24.6 Å². The molecule has 4 nitrogen and oxygen atoms in total. The van der Waals surface area contributed by atoms with Crippen molar-refractivity contribution in [2.24, 2.45) is 0 Å². The zero-order valence-electron chi connectivity index (χ0n) is 11.5. The van der Waals surface area contributed by atoms with Gasteiger partial charge in [-0.2, -0.15) is 0 Å². The summed E-state index contributed by atoms with van der Waals surface area (Å²) in [6.07, 6.45) is -0.203. The lowest BCUT2D eigenvalue weighted by Crippen LogP contribution is -2.53. The van der Waals surface area contributed by atoms with Crippen LogP contribution in [0.4, 0.5) is 5.69 Å². The molecule has 104 valence electrons. The lowest BCUT2D eigenvalue weighted by molar-refractivity contribution is 0.0792. The summed E-state index contributed by atoms with van der Waals surface area (Å²) < 4.78 is 0. The van der Waals surface area contributed by atoms with Crippen LogP contribution in [0.15, 0.2) is 24.3 Å². The maximum absolute atomic E-state index is 9.94. The second-order valence-electron chi connectivity index (χ2n) is 5.65. The first-order valence-electron chi connectivity index (χ1n) is 7.18. The van der Waals surface area contributed by atoms with Crippen molar-refractivity contribution in [2.45, 2.75) is 19.1 Å². The molecular formula is C15H23N3O. The number of hydrogen-bond acceptors (Lipinski definition) is 4. The number of nitrogens with zero attached hydrogens (tertiary/aromatic N) is 2. The van der Waals surface area contributed by atoms with Crippen LogP contribution >= 0.6 is 0 Å². The quantitative estimate of drug-likeness (QED) is 0.811. The van der Waals surface area contributed by atoms with E-state index in [1.807, 2.05) is 0 Å². The summed E-state index contributed by atoms with van der Waals surface area (Å²) in [5, 5.41) is 13.2. The summed E-state index contributed by atoms with van der Waals surface area (Å²) in [4.78, 5) is 4.87. The Kier molecular flexibility index (Phi) is 3.73. The lowest BCUT2D eigenvalue weighted by atomic mass is 10.1. The fourth-order valence-corrected chi connectivity index (χ4v) is 3.16. The molecule has 2 saturated heterocycles. The van der Waals surface area contributed by atoms with Gasteiger partial charge < -0.3 is 15.3 Å². The third kappa shape index (κ3) is 2.76. The Morgan fingerprint density at radius 2 is 1.95 bits per heavy atom. The van der Waals surface area contributed by atoms with Crippen molar-refractivity contribution in [2.75, 3.05) is 44.2 Å². The van der Waals surface area contributed by atoms with Crippen molar-refractivity contribution < 1.29 is 5.11 Å². The predicted molar refractivity (Wildman–Crippen MR) is 77.6 cm³/mol. The molecule has 2 aliphatic heterocycles. The molecule has 0 amide bonds. The van der Waals surface area contributed by atoms with Gasteiger partial charge in [-0.15, -0.1) is 0 Å². The summed E-state index contributed by atoms with van der Waals surface area (Å²) in [7, 11) is 0. The van der Waals surface area contributed by atoms with E-state index in [9.17, 15) is 5.11 Å². The fraction of sp³-hybridized carbons (Fsp3) is 0.600. The van der Waals surface area contributed by atoms with Crippen LogP contribution in [-0.4, -0.2) is 61.4 Å². The van der Waals surface area contributed by atoms with Gasteiger partial charge in [-0.3, -0.25) is 4.90 Å². The van der Waals surface area contributed by atoms with Crippen LogP contribution in [0.25, 0.3) is 0 Å². The maximum Gasteiger partial charge on any atom is 0.0831 e. The summed E-state index contributed by atoms with van der Waals surface area (Å²) in [5.74, 6) is 0. The number of benzene rings is 1. The molecule has 0 unspecified atom stereocenters. The third-order valence-corrected chi connectivity index (χ3v) is 4.30. The standard InChI is InChI=1S/C15H23N3O/c1-12-3-2-4-13(9-12)17-5-7-18(8-6-17)14-10-16-11-15(14)19/h2-4,9,14-16,19H,5-8,10-11H2,1H3/t14-,15-/m0/s1. The van der Waals surface area contributed by atoms with E-state index in [0.29, 0.717) is 6.04 Å². The lowest BCUT2D eigenvalue weighted by Gasteiger charge is -2.39. The van der Waals surface area contributed by atoms with Gasteiger partial charge in [0.2, 0.25) is 0 Å². The number of piperazine rings is 1. The van der Waals surface area contributed by atoms with Crippen molar-refractivity contribution in [1.29, 1.82) is 0 Å². The Morgan fingerprint density at radius 3 is 2.58 bits per heavy atom. The third-order valence-electron chi connectivity index (χ3n) is 4.30. The number of aryl methyl sites for hydroxylation is 1. The molecule has 19 heavy (non-hydrogen) atoms. The van der Waals surface area contributed by atoms with Crippen LogP contribution in [0, 0.1) is 6.92 Å². The van der Waals surface area contributed by atoms with Crippen LogP contribution in [-0.2, 0) is 0 Å². The molecule has 1 aromatic rings. The molecule has 2 heterocycles. The Labute approximate surface area is 115 Å². The molecule has 4 heteroatoms. The molecule has 1 aromatic carbocycles. The minimum absolute atomic E-state index is 0.203. The second-order valence-corrected chi connectivity index (χ2v) is 5.65. The first-order valence-corrected chi connectivity index (χ1v) is 7.18. The highest BCUT2D eigenvalue weighted by Crippen LogP contribution is 2.19. The molecule has 0 aromatic heterocycles. The highest BCUT2D eigenvalue weighted by Gasteiger charge is 2.32. The van der Waals surface area contributed by atoms with Crippen molar-refractivity contribution in [3.05, 3.63) is 29.8 Å². The van der Waals surface area contributed by atoms with Gasteiger partial charge >= 0.3 is 0 Å². The molecule has 0 spiro atoms. The summed E-state index contributed by atoms with van der Waals surface area (Å²) >= 11 is 0. The van der Waals surface area contributed by atoms with Gasteiger partial charge in [-0.1, -0.05) is 12.1 Å². The zero-order chi connectivity index (χ0) is 13.2. The highest BCUT2D eigenvalue weighted by molar-refractivity contribution is 5.48. The molecule has 0 bridgehead atoms. The molecule has 2 N–H and O–H groups in total. The summed E-state index contributed by atoms with van der Waals surface area (Å²) in [6.45, 7) is 7.97. The number of hydrogen-bond donors (Lipinski definition) is 2. The smallest absolute Gasteiger partial charge is 0.0831 e. The minimum atomic E-state index is -0.203. The van der Waals surface area contributed by atoms with Crippen LogP contribution < -0.4 is 10.2 Å². The van der Waals surface area contributed by atoms with E-state index >= 15 is 0 Å². The molecule has 2 atom stereocenters. The van der Waals surface area contributed by atoms with Crippen molar-refractivity contribution in [3.63, 3.8) is 0 Å². The number of rotatable bonds is 2. The molecule has 3 rings (SSSR count). The molecule has 0 saturated carbocycles. The number of nitrogens with one attached hydrogen (secondary N) is 1. The monoisotopic (exact) mass is 261 g/mol. The first kappa shape index (κ1) is 12.9. The first-order chi connectivity index (χ1) is 9.24. The van der Waals surface area contributed by atoms with Crippen LogP contribution in [0.2, 0.25) is 0 Å². The van der Waals surface area contributed by atoms with E-state index in [1.54, 1.807) is 0 Å². The van der Waals surface area contributed by atoms with E-state index < -0.39 is 0 Å². The number of aliphatic hydroxyl groups is 1. The molecular weight excluding hydrogens is 238 g/mol. The van der Waals surface area contributed by atoms with Gasteiger partial charge in [0.25, 0.3) is 0 Å². The average Bonchev–Trinajstić information content (AvgIpc) is 2.85. The molecule has 0 radical (unpaired) electrons. The van der Waals surface area contributed by atoms with E-state index in [-0.39, 0.29) is 6.10 Å². The fourth-order valence-electron chi connectivity index (χ4n) is 3.16. The van der Waals surface area contributed by atoms with Gasteiger partial charge in [0, 0.05) is 51.0 Å². The van der Waals surface area contributed by atoms with Crippen molar-refractivity contribution >= 4 is 5.69 Å². The van der Waals surface area contributed by atoms with Crippen LogP contribution in [0.1, 0.15) is 5.56 Å². The Hall–Kier alpha value is -1.10. The largest absolute Gasteiger partial charge is 0.390 e. The van der Waals surface area contributed by atoms with E-state index in [0.717, 1.165) is 39.3 Å². The Bertz CT molecular complexity index is 429. The highest BCUT2D eigenvalue weighted by atomic mass is 16.3. The van der Waals surface area contributed by atoms with E-state index in [4.69, 9.17) is 0 Å². The molecule has 2 fully saturated rings. The summed E-state index contributed by atoms with van der Waals surface area (Å²) in [5.41, 5.74) is 2.64. The topological polar surface area (TPSA) is 38.7 Å². The van der Waals surface area contributed by atoms with Crippen molar-refractivity contribution in [1.82, 2.24) is 10.2 Å².